The van der Waals surface area contributed by atoms with Gasteiger partial charge < -0.3 is 19.9 Å². The van der Waals surface area contributed by atoms with Crippen molar-refractivity contribution in [3.63, 3.8) is 0 Å². The number of anilines is 1. The first kappa shape index (κ1) is 28.5. The molecule has 0 aliphatic heterocycles. The Morgan fingerprint density at radius 3 is 2.00 bits per heavy atom. The molecule has 4 rings (SSSR count). The lowest BCUT2D eigenvalue weighted by Gasteiger charge is -2.27. The standard InChI is InChI=1S/C31H28BrN3O5/c1-2-39-27-18-22(26(32)19-28(27)40-21-29(36)34-25-16-10-5-11-17-25)20-33-35-30(37)31(38,23-12-6-3-7-13-23)24-14-8-4-9-15-24/h3-20,38H,2,21H2,1H3,(H,34,36)(H,35,37)/b33-20-. The minimum Gasteiger partial charge on any atom is -0.490 e. The van der Waals surface area contributed by atoms with E-state index in [0.29, 0.717) is 45.0 Å². The zero-order chi connectivity index (χ0) is 28.4. The van der Waals surface area contributed by atoms with Gasteiger partial charge >= 0.3 is 0 Å². The summed E-state index contributed by atoms with van der Waals surface area (Å²) in [6.07, 6.45) is 1.42. The second-order valence-corrected chi connectivity index (χ2v) is 9.45. The summed E-state index contributed by atoms with van der Waals surface area (Å²) in [5.74, 6) is -0.272. The quantitative estimate of drug-likeness (QED) is 0.161. The van der Waals surface area contributed by atoms with Crippen LogP contribution in [0, 0.1) is 0 Å². The molecule has 0 spiro atoms. The van der Waals surface area contributed by atoms with Gasteiger partial charge in [0.15, 0.2) is 23.7 Å². The van der Waals surface area contributed by atoms with Crippen LogP contribution >= 0.6 is 15.9 Å². The predicted octanol–water partition coefficient (Wildman–Crippen LogP) is 5.25. The van der Waals surface area contributed by atoms with Crippen molar-refractivity contribution in [2.24, 2.45) is 5.10 Å². The summed E-state index contributed by atoms with van der Waals surface area (Å²) in [4.78, 5) is 25.6. The summed E-state index contributed by atoms with van der Waals surface area (Å²) in [7, 11) is 0. The van der Waals surface area contributed by atoms with E-state index in [9.17, 15) is 14.7 Å². The molecule has 0 aliphatic rings. The Morgan fingerprint density at radius 2 is 1.43 bits per heavy atom. The maximum absolute atomic E-state index is 13.3. The van der Waals surface area contributed by atoms with Crippen LogP contribution in [0.3, 0.4) is 0 Å². The average molecular weight is 602 g/mol. The first-order chi connectivity index (χ1) is 19.4. The number of benzene rings is 4. The number of para-hydroxylation sites is 1. The monoisotopic (exact) mass is 601 g/mol. The van der Waals surface area contributed by atoms with Gasteiger partial charge in [-0.25, -0.2) is 5.43 Å². The van der Waals surface area contributed by atoms with Crippen molar-refractivity contribution >= 4 is 39.6 Å². The molecule has 0 aliphatic carbocycles. The van der Waals surface area contributed by atoms with Gasteiger partial charge in [0.1, 0.15) is 0 Å². The van der Waals surface area contributed by atoms with Crippen LogP contribution in [-0.2, 0) is 15.2 Å². The molecule has 0 radical (unpaired) electrons. The molecule has 0 atom stereocenters. The molecule has 4 aromatic carbocycles. The van der Waals surface area contributed by atoms with Gasteiger partial charge in [-0.1, -0.05) is 78.9 Å². The number of amides is 2. The number of hydrogen-bond donors (Lipinski definition) is 3. The lowest BCUT2D eigenvalue weighted by atomic mass is 9.85. The molecule has 0 heterocycles. The van der Waals surface area contributed by atoms with Crippen molar-refractivity contribution in [1.29, 1.82) is 0 Å². The number of aliphatic hydroxyl groups is 1. The number of nitrogens with one attached hydrogen (secondary N) is 2. The van der Waals surface area contributed by atoms with Gasteiger partial charge in [-0.15, -0.1) is 0 Å². The molecule has 0 unspecified atom stereocenters. The fraction of sp³-hybridized carbons (Fsp3) is 0.129. The fourth-order valence-electron chi connectivity index (χ4n) is 3.92. The summed E-state index contributed by atoms with van der Waals surface area (Å²) in [5.41, 5.74) is 2.57. The van der Waals surface area contributed by atoms with Crippen molar-refractivity contribution in [2.45, 2.75) is 12.5 Å². The Hall–Kier alpha value is -4.47. The van der Waals surface area contributed by atoms with E-state index in [1.807, 2.05) is 37.3 Å². The van der Waals surface area contributed by atoms with Crippen molar-refractivity contribution in [3.8, 4) is 11.5 Å². The van der Waals surface area contributed by atoms with Gasteiger partial charge in [0.05, 0.1) is 12.8 Å². The van der Waals surface area contributed by atoms with Crippen LogP contribution in [0.15, 0.2) is 113 Å². The van der Waals surface area contributed by atoms with Crippen LogP contribution in [0.4, 0.5) is 5.69 Å². The average Bonchev–Trinajstić information content (AvgIpc) is 2.98. The second-order valence-electron chi connectivity index (χ2n) is 8.60. The maximum Gasteiger partial charge on any atom is 0.281 e. The molecule has 4 aromatic rings. The highest BCUT2D eigenvalue weighted by molar-refractivity contribution is 9.10. The molecule has 0 saturated heterocycles. The van der Waals surface area contributed by atoms with Crippen molar-refractivity contribution in [1.82, 2.24) is 5.43 Å². The SMILES string of the molecule is CCOc1cc(/C=N\NC(=O)C(O)(c2ccccc2)c2ccccc2)c(Br)cc1OCC(=O)Nc1ccccc1. The largest absolute Gasteiger partial charge is 0.490 e. The van der Waals surface area contributed by atoms with E-state index < -0.39 is 11.5 Å². The van der Waals surface area contributed by atoms with Crippen LogP contribution in [0.2, 0.25) is 0 Å². The molecule has 204 valence electrons. The normalized spacial score (nSPS) is 11.2. The smallest absolute Gasteiger partial charge is 0.281 e. The Bertz CT molecular complexity index is 1430. The molecule has 0 saturated carbocycles. The van der Waals surface area contributed by atoms with Crippen molar-refractivity contribution in [2.75, 3.05) is 18.5 Å². The highest BCUT2D eigenvalue weighted by Crippen LogP contribution is 2.34. The lowest BCUT2D eigenvalue weighted by Crippen LogP contribution is -2.43. The topological polar surface area (TPSA) is 109 Å². The van der Waals surface area contributed by atoms with Crippen LogP contribution in [0.25, 0.3) is 0 Å². The number of halogens is 1. The lowest BCUT2D eigenvalue weighted by molar-refractivity contribution is -0.136. The summed E-state index contributed by atoms with van der Waals surface area (Å²) in [5, 5.41) is 18.4. The van der Waals surface area contributed by atoms with E-state index in [1.54, 1.807) is 72.8 Å². The number of hydrogen-bond acceptors (Lipinski definition) is 6. The molecular weight excluding hydrogens is 574 g/mol. The van der Waals surface area contributed by atoms with Crippen LogP contribution < -0.4 is 20.2 Å². The first-order valence-corrected chi connectivity index (χ1v) is 13.3. The van der Waals surface area contributed by atoms with E-state index in [1.165, 1.54) is 6.21 Å². The van der Waals surface area contributed by atoms with Gasteiger partial charge in [0.25, 0.3) is 11.8 Å². The Kier molecular flexibility index (Phi) is 9.66. The molecule has 0 bridgehead atoms. The summed E-state index contributed by atoms with van der Waals surface area (Å²) in [6, 6.07) is 29.8. The van der Waals surface area contributed by atoms with E-state index in [2.05, 4.69) is 31.8 Å². The predicted molar refractivity (Wildman–Crippen MR) is 157 cm³/mol. The maximum atomic E-state index is 13.3. The summed E-state index contributed by atoms with van der Waals surface area (Å²) >= 11 is 3.48. The van der Waals surface area contributed by atoms with Gasteiger partial charge in [-0.05, 0) is 58.2 Å². The molecule has 9 heteroatoms. The summed E-state index contributed by atoms with van der Waals surface area (Å²) in [6.45, 7) is 1.97. The Morgan fingerprint density at radius 1 is 0.875 bits per heavy atom. The van der Waals surface area contributed by atoms with E-state index >= 15 is 0 Å². The number of carbonyl (C=O) groups is 2. The fourth-order valence-corrected chi connectivity index (χ4v) is 4.35. The van der Waals surface area contributed by atoms with Gasteiger partial charge in [-0.3, -0.25) is 9.59 Å². The number of carbonyl (C=O) groups excluding carboxylic acids is 2. The van der Waals surface area contributed by atoms with E-state index in [-0.39, 0.29) is 12.5 Å². The van der Waals surface area contributed by atoms with Crippen molar-refractivity contribution in [3.05, 3.63) is 124 Å². The molecule has 0 fully saturated rings. The molecule has 40 heavy (non-hydrogen) atoms. The third kappa shape index (κ3) is 6.93. The van der Waals surface area contributed by atoms with Gasteiger partial charge in [0.2, 0.25) is 0 Å². The minimum absolute atomic E-state index is 0.220. The second kappa shape index (κ2) is 13.5. The van der Waals surface area contributed by atoms with Gasteiger partial charge in [0, 0.05) is 15.7 Å². The molecular formula is C31H28BrN3O5. The Labute approximate surface area is 240 Å². The molecule has 0 aromatic heterocycles. The van der Waals surface area contributed by atoms with Crippen molar-refractivity contribution < 1.29 is 24.2 Å². The highest BCUT2D eigenvalue weighted by atomic mass is 79.9. The number of hydrazone groups is 1. The first-order valence-electron chi connectivity index (χ1n) is 12.5. The zero-order valence-electron chi connectivity index (χ0n) is 21.7. The minimum atomic E-state index is -1.95. The molecule has 3 N–H and O–H groups in total. The third-order valence-electron chi connectivity index (χ3n) is 5.86. The highest BCUT2D eigenvalue weighted by Gasteiger charge is 2.39. The van der Waals surface area contributed by atoms with Crippen LogP contribution in [-0.4, -0.2) is 36.3 Å². The zero-order valence-corrected chi connectivity index (χ0v) is 23.3. The molecule has 8 nitrogen and oxygen atoms in total. The Balaban J connectivity index is 1.49. The van der Waals surface area contributed by atoms with Gasteiger partial charge in [-0.2, -0.15) is 5.10 Å². The van der Waals surface area contributed by atoms with Crippen LogP contribution in [0.5, 0.6) is 11.5 Å². The van der Waals surface area contributed by atoms with E-state index in [4.69, 9.17) is 9.47 Å². The number of nitrogens with zero attached hydrogens (tertiary/aromatic N) is 1. The van der Waals surface area contributed by atoms with Crippen LogP contribution in [0.1, 0.15) is 23.6 Å². The third-order valence-corrected chi connectivity index (χ3v) is 6.55. The summed E-state index contributed by atoms with van der Waals surface area (Å²) < 4.78 is 12.0. The number of ether oxygens (including phenoxy) is 2. The molecule has 2 amide bonds. The number of rotatable bonds is 11. The van der Waals surface area contributed by atoms with E-state index in [0.717, 1.165) is 0 Å².